The van der Waals surface area contributed by atoms with Gasteiger partial charge in [0.15, 0.2) is 0 Å². The summed E-state index contributed by atoms with van der Waals surface area (Å²) in [6.07, 6.45) is -1.93. The van der Waals surface area contributed by atoms with Crippen LogP contribution in [-0.4, -0.2) is 37.0 Å². The van der Waals surface area contributed by atoms with Gasteiger partial charge in [0.2, 0.25) is 0 Å². The van der Waals surface area contributed by atoms with Crippen LogP contribution in [-0.2, 0) is 4.74 Å². The van der Waals surface area contributed by atoms with Crippen molar-refractivity contribution in [3.63, 3.8) is 0 Å². The number of halogens is 3. The van der Waals surface area contributed by atoms with Gasteiger partial charge in [0, 0.05) is 6.54 Å². The second-order valence-electron chi connectivity index (χ2n) is 3.47. The molecule has 86 valence electrons. The highest BCUT2D eigenvalue weighted by Gasteiger charge is 2.30. The molecule has 1 aliphatic heterocycles. The highest BCUT2D eigenvalue weighted by molar-refractivity contribution is 4.93. The number of ether oxygens (including phenoxy) is 1. The summed E-state index contributed by atoms with van der Waals surface area (Å²) in [6, 6.07) is 1.84. The van der Waals surface area contributed by atoms with Gasteiger partial charge in [-0.3, -0.25) is 9.64 Å². The molecule has 0 saturated carbocycles. The quantitative estimate of drug-likeness (QED) is 0.731. The number of piperidine rings is 1. The van der Waals surface area contributed by atoms with E-state index >= 15 is 0 Å². The molecule has 0 spiro atoms. The number of nitriles is 1. The fourth-order valence-electron chi connectivity index (χ4n) is 1.68. The van der Waals surface area contributed by atoms with Crippen LogP contribution in [0.1, 0.15) is 19.3 Å². The summed E-state index contributed by atoms with van der Waals surface area (Å²) in [6.45, 7) is 0.443. The Kier molecular flexibility index (Phi) is 4.36. The zero-order valence-corrected chi connectivity index (χ0v) is 8.26. The maximum Gasteiger partial charge on any atom is 0.522 e. The second-order valence-corrected chi connectivity index (χ2v) is 3.47. The minimum Gasteiger partial charge on any atom is -0.291 e. The fraction of sp³-hybridized carbons (Fsp3) is 0.889. The van der Waals surface area contributed by atoms with E-state index in [2.05, 4.69) is 10.8 Å². The molecule has 1 fully saturated rings. The van der Waals surface area contributed by atoms with Crippen LogP contribution < -0.4 is 0 Å². The van der Waals surface area contributed by atoms with Crippen LogP contribution in [0.25, 0.3) is 0 Å². The molecule has 0 aromatic heterocycles. The van der Waals surface area contributed by atoms with Gasteiger partial charge in [-0.05, 0) is 25.8 Å². The topological polar surface area (TPSA) is 36.3 Å². The first-order valence-electron chi connectivity index (χ1n) is 4.87. The first-order chi connectivity index (χ1) is 7.03. The molecule has 15 heavy (non-hydrogen) atoms. The minimum absolute atomic E-state index is 0.164. The Hall–Kier alpha value is -0.800. The third-order valence-electron chi connectivity index (χ3n) is 2.41. The van der Waals surface area contributed by atoms with E-state index < -0.39 is 13.0 Å². The van der Waals surface area contributed by atoms with Crippen molar-refractivity contribution in [1.29, 1.82) is 5.26 Å². The van der Waals surface area contributed by atoms with E-state index in [1.807, 2.05) is 0 Å². The molecular formula is C9H13F3N2O. The van der Waals surface area contributed by atoms with Crippen molar-refractivity contribution in [2.24, 2.45) is 0 Å². The molecule has 3 nitrogen and oxygen atoms in total. The van der Waals surface area contributed by atoms with Gasteiger partial charge in [0.05, 0.1) is 18.7 Å². The molecule has 1 aliphatic rings. The number of nitrogens with zero attached hydrogens (tertiary/aromatic N) is 2. The average molecular weight is 222 g/mol. The van der Waals surface area contributed by atoms with Crippen LogP contribution in [0, 0.1) is 11.3 Å². The Morgan fingerprint density at radius 3 is 2.73 bits per heavy atom. The number of hydrogen-bond donors (Lipinski definition) is 0. The first-order valence-corrected chi connectivity index (χ1v) is 4.87. The largest absolute Gasteiger partial charge is 0.522 e. The summed E-state index contributed by atoms with van der Waals surface area (Å²) in [4.78, 5) is 1.75. The van der Waals surface area contributed by atoms with Crippen molar-refractivity contribution in [3.05, 3.63) is 0 Å². The van der Waals surface area contributed by atoms with Gasteiger partial charge < -0.3 is 0 Å². The minimum atomic E-state index is -4.57. The summed E-state index contributed by atoms with van der Waals surface area (Å²) in [7, 11) is 0. The van der Waals surface area contributed by atoms with E-state index in [9.17, 15) is 13.2 Å². The van der Waals surface area contributed by atoms with Gasteiger partial charge >= 0.3 is 6.36 Å². The van der Waals surface area contributed by atoms with Gasteiger partial charge in [-0.1, -0.05) is 0 Å². The maximum absolute atomic E-state index is 11.7. The Labute approximate surface area is 86.4 Å². The maximum atomic E-state index is 11.7. The Bertz CT molecular complexity index is 236. The standard InChI is InChI=1S/C9H13F3N2O/c10-9(11,12)15-6-5-14-4-2-1-3-8(14)7-13/h8H,1-6H2. The smallest absolute Gasteiger partial charge is 0.291 e. The lowest BCUT2D eigenvalue weighted by atomic mass is 10.0. The fourth-order valence-corrected chi connectivity index (χ4v) is 1.68. The summed E-state index contributed by atoms with van der Waals surface area (Å²) in [5.74, 6) is 0. The predicted molar refractivity (Wildman–Crippen MR) is 46.8 cm³/mol. The van der Waals surface area contributed by atoms with Gasteiger partial charge in [-0.25, -0.2) is 0 Å². The third-order valence-corrected chi connectivity index (χ3v) is 2.41. The van der Waals surface area contributed by atoms with E-state index in [0.717, 1.165) is 19.3 Å². The zero-order valence-electron chi connectivity index (χ0n) is 8.26. The summed E-state index contributed by atoms with van der Waals surface area (Å²) >= 11 is 0. The molecule has 1 unspecified atom stereocenters. The molecule has 1 rings (SSSR count). The highest BCUT2D eigenvalue weighted by atomic mass is 19.4. The molecule has 6 heteroatoms. The Balaban J connectivity index is 2.27. The third kappa shape index (κ3) is 4.49. The van der Waals surface area contributed by atoms with Crippen molar-refractivity contribution < 1.29 is 17.9 Å². The lowest BCUT2D eigenvalue weighted by Gasteiger charge is -2.30. The van der Waals surface area contributed by atoms with Crippen LogP contribution in [0.2, 0.25) is 0 Å². The Morgan fingerprint density at radius 1 is 1.40 bits per heavy atom. The molecule has 0 aromatic carbocycles. The Morgan fingerprint density at radius 2 is 2.13 bits per heavy atom. The monoisotopic (exact) mass is 222 g/mol. The molecule has 1 saturated heterocycles. The average Bonchev–Trinajstić information content (AvgIpc) is 2.16. The van der Waals surface area contributed by atoms with Crippen LogP contribution >= 0.6 is 0 Å². The van der Waals surface area contributed by atoms with E-state index in [-0.39, 0.29) is 12.6 Å². The molecule has 1 atom stereocenters. The number of rotatable bonds is 3. The number of hydrogen-bond acceptors (Lipinski definition) is 3. The predicted octanol–water partition coefficient (Wildman–Crippen LogP) is 1.90. The van der Waals surface area contributed by atoms with Gasteiger partial charge in [0.1, 0.15) is 0 Å². The number of alkyl halides is 3. The molecule has 0 bridgehead atoms. The van der Waals surface area contributed by atoms with E-state index in [1.54, 1.807) is 4.90 Å². The summed E-state index contributed by atoms with van der Waals surface area (Å²) in [5.41, 5.74) is 0. The molecule has 0 radical (unpaired) electrons. The summed E-state index contributed by atoms with van der Waals surface area (Å²) < 4.78 is 38.7. The lowest BCUT2D eigenvalue weighted by Crippen LogP contribution is -2.41. The van der Waals surface area contributed by atoms with Crippen molar-refractivity contribution >= 4 is 0 Å². The molecular weight excluding hydrogens is 209 g/mol. The highest BCUT2D eigenvalue weighted by Crippen LogP contribution is 2.18. The molecule has 0 amide bonds. The van der Waals surface area contributed by atoms with E-state index in [0.29, 0.717) is 6.54 Å². The van der Waals surface area contributed by atoms with E-state index in [1.165, 1.54) is 0 Å². The van der Waals surface area contributed by atoms with Crippen molar-refractivity contribution in [1.82, 2.24) is 4.90 Å². The summed E-state index contributed by atoms with van der Waals surface area (Å²) in [5, 5.41) is 8.77. The normalized spacial score (nSPS) is 23.7. The van der Waals surface area contributed by atoms with Crippen LogP contribution in [0.15, 0.2) is 0 Å². The number of likely N-dealkylation sites (tertiary alicyclic amines) is 1. The van der Waals surface area contributed by atoms with Crippen molar-refractivity contribution in [2.45, 2.75) is 31.7 Å². The van der Waals surface area contributed by atoms with Gasteiger partial charge in [0.25, 0.3) is 0 Å². The van der Waals surface area contributed by atoms with Crippen LogP contribution in [0.3, 0.4) is 0 Å². The zero-order chi connectivity index (χ0) is 11.3. The molecule has 1 heterocycles. The molecule has 0 aromatic rings. The lowest BCUT2D eigenvalue weighted by molar-refractivity contribution is -0.325. The van der Waals surface area contributed by atoms with E-state index in [4.69, 9.17) is 5.26 Å². The molecule has 0 aliphatic carbocycles. The SMILES string of the molecule is N#CC1CCCCN1CCOC(F)(F)F. The van der Waals surface area contributed by atoms with Crippen LogP contribution in [0.4, 0.5) is 13.2 Å². The van der Waals surface area contributed by atoms with Gasteiger partial charge in [-0.15, -0.1) is 13.2 Å². The van der Waals surface area contributed by atoms with Crippen molar-refractivity contribution in [2.75, 3.05) is 19.7 Å². The van der Waals surface area contributed by atoms with Gasteiger partial charge in [-0.2, -0.15) is 5.26 Å². The van der Waals surface area contributed by atoms with Crippen molar-refractivity contribution in [3.8, 4) is 6.07 Å². The first kappa shape index (κ1) is 12.3. The van der Waals surface area contributed by atoms with Crippen LogP contribution in [0.5, 0.6) is 0 Å². The molecule has 0 N–H and O–H groups in total. The second kappa shape index (κ2) is 5.33.